The number of benzene rings is 2. The topological polar surface area (TPSA) is 80.0 Å². The maximum atomic E-state index is 12.3. The van der Waals surface area contributed by atoms with Gasteiger partial charge in [-0.15, -0.1) is 0 Å². The molecule has 0 saturated carbocycles. The Morgan fingerprint density at radius 3 is 2.57 bits per heavy atom. The molecule has 0 bridgehead atoms. The zero-order chi connectivity index (χ0) is 19.5. The van der Waals surface area contributed by atoms with Crippen LogP contribution in [-0.2, 0) is 0 Å². The summed E-state index contributed by atoms with van der Waals surface area (Å²) >= 11 is 7.36. The lowest BCUT2D eigenvalue weighted by molar-refractivity contribution is 0.0977. The van der Waals surface area contributed by atoms with Crippen molar-refractivity contribution in [2.75, 3.05) is 5.32 Å². The summed E-state index contributed by atoms with van der Waals surface area (Å²) in [5.41, 5.74) is 3.34. The summed E-state index contributed by atoms with van der Waals surface area (Å²) in [5, 5.41) is 5.91. The van der Waals surface area contributed by atoms with E-state index in [2.05, 4.69) is 43.2 Å². The quantitative estimate of drug-likeness (QED) is 0.316. The van der Waals surface area contributed by atoms with Crippen molar-refractivity contribution in [2.24, 2.45) is 0 Å². The van der Waals surface area contributed by atoms with E-state index in [1.165, 1.54) is 0 Å². The number of nitrogens with zero attached hydrogens (tertiary/aromatic N) is 2. The largest absolute Gasteiger partial charge is 0.434 e. The summed E-state index contributed by atoms with van der Waals surface area (Å²) < 4.78 is 6.57. The number of aromatic nitrogens is 2. The normalized spacial score (nSPS) is 10.6. The first-order valence-corrected chi connectivity index (χ1v) is 9.78. The first-order chi connectivity index (χ1) is 13.6. The third-order valence-corrected chi connectivity index (χ3v) is 5.05. The highest BCUT2D eigenvalue weighted by atomic mass is 127. The van der Waals surface area contributed by atoms with Gasteiger partial charge in [-0.1, -0.05) is 12.1 Å². The molecule has 28 heavy (non-hydrogen) atoms. The fourth-order valence-electron chi connectivity index (χ4n) is 2.57. The number of anilines is 1. The third kappa shape index (κ3) is 4.02. The van der Waals surface area contributed by atoms with Gasteiger partial charge in [0.1, 0.15) is 0 Å². The van der Waals surface area contributed by atoms with Crippen LogP contribution in [0.4, 0.5) is 5.69 Å². The number of halogens is 1. The van der Waals surface area contributed by atoms with Crippen molar-refractivity contribution in [1.29, 1.82) is 0 Å². The monoisotopic (exact) mass is 500 g/mol. The summed E-state index contributed by atoms with van der Waals surface area (Å²) in [6.07, 6.45) is 1.67. The number of amides is 1. The number of hydrogen-bond donors (Lipinski definition) is 2. The Morgan fingerprint density at radius 1 is 1.04 bits per heavy atom. The molecule has 4 rings (SSSR count). The van der Waals surface area contributed by atoms with E-state index >= 15 is 0 Å². The van der Waals surface area contributed by atoms with E-state index < -0.39 is 0 Å². The molecule has 0 unspecified atom stereocenters. The standard InChI is InChI=1S/C20H13IN4O2S/c21-15-5-2-1-4-14(15)18(26)25-20(28)23-13-9-7-12(8-10-13)19-24-17-16(27-19)6-3-11-22-17/h1-11H,(H2,23,25,26,28). The molecule has 0 fully saturated rings. The van der Waals surface area contributed by atoms with Crippen LogP contribution in [0.1, 0.15) is 10.4 Å². The van der Waals surface area contributed by atoms with Gasteiger partial charge >= 0.3 is 0 Å². The fourth-order valence-corrected chi connectivity index (χ4v) is 3.41. The van der Waals surface area contributed by atoms with Crippen molar-refractivity contribution in [3.63, 3.8) is 0 Å². The third-order valence-electron chi connectivity index (χ3n) is 3.90. The molecule has 138 valence electrons. The van der Waals surface area contributed by atoms with Crippen LogP contribution < -0.4 is 10.6 Å². The molecule has 0 radical (unpaired) electrons. The molecule has 1 amide bonds. The Labute approximate surface area is 179 Å². The van der Waals surface area contributed by atoms with Gasteiger partial charge in [0.15, 0.2) is 16.3 Å². The van der Waals surface area contributed by atoms with Crippen LogP contribution in [0.25, 0.3) is 22.7 Å². The number of carbonyl (C=O) groups excluding carboxylic acids is 1. The molecule has 8 heteroatoms. The predicted molar refractivity (Wildman–Crippen MR) is 120 cm³/mol. The Hall–Kier alpha value is -2.85. The van der Waals surface area contributed by atoms with Crippen molar-refractivity contribution >= 4 is 62.7 Å². The molecule has 0 spiro atoms. The molecule has 2 aromatic heterocycles. The molecule has 2 heterocycles. The summed E-state index contributed by atoms with van der Waals surface area (Å²) in [5.74, 6) is 0.243. The van der Waals surface area contributed by atoms with Gasteiger partial charge in [0.05, 0.1) is 5.56 Å². The second kappa shape index (κ2) is 8.03. The molecule has 0 aliphatic carbocycles. The van der Waals surface area contributed by atoms with Gasteiger partial charge in [-0.25, -0.2) is 4.98 Å². The van der Waals surface area contributed by atoms with Crippen molar-refractivity contribution in [3.05, 3.63) is 76.0 Å². The number of thiocarbonyl (C=S) groups is 1. The van der Waals surface area contributed by atoms with Crippen LogP contribution in [-0.4, -0.2) is 21.0 Å². The lowest BCUT2D eigenvalue weighted by Gasteiger charge is -2.10. The number of oxazole rings is 1. The maximum Gasteiger partial charge on any atom is 0.258 e. The van der Waals surface area contributed by atoms with Gasteiger partial charge in [-0.2, -0.15) is 4.98 Å². The van der Waals surface area contributed by atoms with Crippen molar-refractivity contribution in [3.8, 4) is 11.5 Å². The SMILES string of the molecule is O=C(NC(=S)Nc1ccc(-c2nc3ncccc3o2)cc1)c1ccccc1I. The minimum Gasteiger partial charge on any atom is -0.434 e. The maximum absolute atomic E-state index is 12.3. The lowest BCUT2D eigenvalue weighted by atomic mass is 10.2. The van der Waals surface area contributed by atoms with E-state index in [0.29, 0.717) is 22.7 Å². The molecule has 4 aromatic rings. The zero-order valence-corrected chi connectivity index (χ0v) is 17.3. The summed E-state index contributed by atoms with van der Waals surface area (Å²) in [4.78, 5) is 20.9. The number of nitrogens with one attached hydrogen (secondary N) is 2. The van der Waals surface area contributed by atoms with Crippen LogP contribution in [0.5, 0.6) is 0 Å². The van der Waals surface area contributed by atoms with E-state index in [1.54, 1.807) is 18.3 Å². The van der Waals surface area contributed by atoms with Gasteiger partial charge in [0.2, 0.25) is 5.89 Å². The number of pyridine rings is 1. The summed E-state index contributed by atoms with van der Waals surface area (Å²) in [7, 11) is 0. The fraction of sp³-hybridized carbons (Fsp3) is 0. The van der Waals surface area contributed by atoms with Crippen molar-refractivity contribution < 1.29 is 9.21 Å². The van der Waals surface area contributed by atoms with Crippen LogP contribution in [0.2, 0.25) is 0 Å². The van der Waals surface area contributed by atoms with Crippen LogP contribution in [0, 0.1) is 3.57 Å². The molecule has 2 aromatic carbocycles. The van der Waals surface area contributed by atoms with E-state index in [1.807, 2.05) is 48.5 Å². The Kier molecular flexibility index (Phi) is 5.31. The summed E-state index contributed by atoms with van der Waals surface area (Å²) in [6.45, 7) is 0. The molecule has 2 N–H and O–H groups in total. The molecule has 0 atom stereocenters. The van der Waals surface area contributed by atoms with Crippen LogP contribution >= 0.6 is 34.8 Å². The average Bonchev–Trinajstić information content (AvgIpc) is 3.13. The lowest BCUT2D eigenvalue weighted by Crippen LogP contribution is -2.34. The minimum atomic E-state index is -0.252. The van der Waals surface area contributed by atoms with Crippen molar-refractivity contribution in [2.45, 2.75) is 0 Å². The second-order valence-corrected chi connectivity index (χ2v) is 7.38. The van der Waals surface area contributed by atoms with E-state index in [0.717, 1.165) is 14.8 Å². The second-order valence-electron chi connectivity index (χ2n) is 5.81. The first-order valence-electron chi connectivity index (χ1n) is 8.29. The van der Waals surface area contributed by atoms with Gasteiger partial charge < -0.3 is 9.73 Å². The van der Waals surface area contributed by atoms with E-state index in [9.17, 15) is 4.79 Å². The van der Waals surface area contributed by atoms with Gasteiger partial charge in [0.25, 0.3) is 5.91 Å². The van der Waals surface area contributed by atoms with Crippen LogP contribution in [0.3, 0.4) is 0 Å². The molecular formula is C20H13IN4O2S. The number of carbonyl (C=O) groups is 1. The van der Waals surface area contributed by atoms with Gasteiger partial charge in [-0.3, -0.25) is 10.1 Å². The van der Waals surface area contributed by atoms with Gasteiger partial charge in [-0.05, 0) is 83.3 Å². The molecule has 0 saturated heterocycles. The van der Waals surface area contributed by atoms with Crippen LogP contribution in [0.15, 0.2) is 71.3 Å². The molecular weight excluding hydrogens is 487 g/mol. The average molecular weight is 500 g/mol. The highest BCUT2D eigenvalue weighted by molar-refractivity contribution is 14.1. The Morgan fingerprint density at radius 2 is 1.82 bits per heavy atom. The van der Waals surface area contributed by atoms with E-state index in [-0.39, 0.29) is 11.0 Å². The highest BCUT2D eigenvalue weighted by Crippen LogP contribution is 2.24. The zero-order valence-electron chi connectivity index (χ0n) is 14.3. The number of rotatable bonds is 3. The Bertz CT molecular complexity index is 1140. The summed E-state index contributed by atoms with van der Waals surface area (Å²) in [6, 6.07) is 18.3. The highest BCUT2D eigenvalue weighted by Gasteiger charge is 2.12. The predicted octanol–water partition coefficient (Wildman–Crippen LogP) is 4.62. The number of fused-ring (bicyclic) bond motifs is 1. The molecule has 0 aliphatic heterocycles. The smallest absolute Gasteiger partial charge is 0.258 e. The minimum absolute atomic E-state index is 0.225. The van der Waals surface area contributed by atoms with Crippen molar-refractivity contribution in [1.82, 2.24) is 15.3 Å². The van der Waals surface area contributed by atoms with Gasteiger partial charge in [0, 0.05) is 21.0 Å². The Balaban J connectivity index is 1.43. The molecule has 6 nitrogen and oxygen atoms in total. The number of hydrogen-bond acceptors (Lipinski definition) is 5. The van der Waals surface area contributed by atoms with E-state index in [4.69, 9.17) is 16.6 Å². The molecule has 0 aliphatic rings. The first kappa shape index (κ1) is 18.5.